The molecule has 11 heavy (non-hydrogen) atoms. The molecule has 0 aliphatic heterocycles. The number of methoxy groups -OCH3 is 1. The second kappa shape index (κ2) is 4.70. The highest BCUT2D eigenvalue weighted by molar-refractivity contribution is 6.17. The van der Waals surface area contributed by atoms with Crippen molar-refractivity contribution in [2.75, 3.05) is 19.6 Å². The molecule has 0 aromatic heterocycles. The van der Waals surface area contributed by atoms with Crippen LogP contribution in [0.25, 0.3) is 0 Å². The van der Waals surface area contributed by atoms with Crippen molar-refractivity contribution in [2.45, 2.75) is 12.7 Å². The first-order valence-electron chi connectivity index (χ1n) is 3.16. The van der Waals surface area contributed by atoms with Gasteiger partial charge in [0.1, 0.15) is 0 Å². The summed E-state index contributed by atoms with van der Waals surface area (Å²) < 4.78 is 22.3. The molecule has 0 radical (unpaired) electrons. The minimum Gasteiger partial charge on any atom is -0.348 e. The van der Waals surface area contributed by atoms with Crippen LogP contribution in [0.4, 0.5) is 4.39 Å². The Morgan fingerprint density at radius 1 is 1.73 bits per heavy atom. The number of alkyl halides is 1. The van der Waals surface area contributed by atoms with Crippen molar-refractivity contribution in [1.82, 2.24) is 0 Å². The fourth-order valence-corrected chi connectivity index (χ4v) is 0.558. The molecule has 0 spiro atoms. The third-order valence-corrected chi connectivity index (χ3v) is 1.49. The molecule has 0 amide bonds. The highest BCUT2D eigenvalue weighted by Gasteiger charge is 2.28. The molecule has 0 rings (SSSR count). The zero-order valence-corrected chi connectivity index (χ0v) is 7.45. The molecule has 0 saturated heterocycles. The first-order valence-corrected chi connectivity index (χ1v) is 3.70. The number of rotatable bonds is 5. The van der Waals surface area contributed by atoms with Gasteiger partial charge >= 0.3 is 0 Å². The Labute approximate surface area is 70.9 Å². The van der Waals surface area contributed by atoms with Gasteiger partial charge in [-0.05, 0) is 6.92 Å². The van der Waals surface area contributed by atoms with Gasteiger partial charge in [-0.1, -0.05) is 6.58 Å². The van der Waals surface area contributed by atoms with Crippen LogP contribution in [0.2, 0.25) is 0 Å². The summed E-state index contributed by atoms with van der Waals surface area (Å²) in [5, 5.41) is 0. The molecule has 0 bridgehead atoms. The molecule has 0 fully saturated rings. The van der Waals surface area contributed by atoms with Gasteiger partial charge in [-0.15, -0.1) is 11.6 Å². The van der Waals surface area contributed by atoms with Crippen LogP contribution in [0.5, 0.6) is 0 Å². The second-order valence-electron chi connectivity index (χ2n) is 2.09. The number of hydrogen-bond acceptors (Lipinski definition) is 2. The Morgan fingerprint density at radius 2 is 2.27 bits per heavy atom. The summed E-state index contributed by atoms with van der Waals surface area (Å²) in [4.78, 5) is 0. The maximum absolute atomic E-state index is 12.6. The topological polar surface area (TPSA) is 18.5 Å². The highest BCUT2D eigenvalue weighted by atomic mass is 35.5. The smallest absolute Gasteiger partial charge is 0.218 e. The van der Waals surface area contributed by atoms with Gasteiger partial charge < -0.3 is 9.47 Å². The van der Waals surface area contributed by atoms with Crippen LogP contribution in [0.15, 0.2) is 12.4 Å². The van der Waals surface area contributed by atoms with E-state index in [2.05, 4.69) is 6.58 Å². The first kappa shape index (κ1) is 10.9. The monoisotopic (exact) mass is 182 g/mol. The number of halogens is 2. The molecule has 4 heteroatoms. The van der Waals surface area contributed by atoms with Crippen molar-refractivity contribution in [3.8, 4) is 0 Å². The molecule has 1 unspecified atom stereocenters. The summed E-state index contributed by atoms with van der Waals surface area (Å²) in [6, 6.07) is 0. The molecule has 1 atom stereocenters. The van der Waals surface area contributed by atoms with Crippen LogP contribution in [-0.2, 0) is 9.47 Å². The summed E-state index contributed by atoms with van der Waals surface area (Å²) in [5.74, 6) is -1.72. The van der Waals surface area contributed by atoms with E-state index in [0.717, 1.165) is 0 Å². The van der Waals surface area contributed by atoms with E-state index in [1.165, 1.54) is 14.0 Å². The van der Waals surface area contributed by atoms with Crippen molar-refractivity contribution < 1.29 is 13.9 Å². The molecule has 2 nitrogen and oxygen atoms in total. The fraction of sp³-hybridized carbons (Fsp3) is 0.714. The molecule has 0 heterocycles. The van der Waals surface area contributed by atoms with E-state index >= 15 is 0 Å². The minimum absolute atomic E-state index is 0.231. The van der Waals surface area contributed by atoms with Crippen molar-refractivity contribution in [2.24, 2.45) is 0 Å². The van der Waals surface area contributed by atoms with Gasteiger partial charge in [-0.3, -0.25) is 0 Å². The lowest BCUT2D eigenvalue weighted by atomic mass is 10.3. The standard InChI is InChI=1S/C7H12ClFO2/c1-6(9)7(2,10-3)11-5-4-8/h1,4-5H2,2-3H3. The van der Waals surface area contributed by atoms with E-state index in [4.69, 9.17) is 21.1 Å². The van der Waals surface area contributed by atoms with Crippen molar-refractivity contribution in [3.63, 3.8) is 0 Å². The van der Waals surface area contributed by atoms with Gasteiger partial charge in [0.15, 0.2) is 5.83 Å². The quantitative estimate of drug-likeness (QED) is 0.479. The summed E-state index contributed by atoms with van der Waals surface area (Å²) in [6.45, 7) is 4.77. The van der Waals surface area contributed by atoms with Crippen LogP contribution in [0, 0.1) is 0 Å². The van der Waals surface area contributed by atoms with Crippen LogP contribution < -0.4 is 0 Å². The zero-order valence-electron chi connectivity index (χ0n) is 6.69. The van der Waals surface area contributed by atoms with E-state index in [-0.39, 0.29) is 6.61 Å². The Hall–Kier alpha value is -0.120. The van der Waals surface area contributed by atoms with E-state index < -0.39 is 11.6 Å². The van der Waals surface area contributed by atoms with Crippen LogP contribution in [-0.4, -0.2) is 25.4 Å². The Balaban J connectivity index is 3.99. The van der Waals surface area contributed by atoms with E-state index in [9.17, 15) is 4.39 Å². The maximum atomic E-state index is 12.6. The van der Waals surface area contributed by atoms with Crippen molar-refractivity contribution in [1.29, 1.82) is 0 Å². The summed E-state index contributed by atoms with van der Waals surface area (Å²) in [6.07, 6.45) is 0. The Bertz CT molecular complexity index is 140. The van der Waals surface area contributed by atoms with Gasteiger partial charge in [0.2, 0.25) is 5.79 Å². The second-order valence-corrected chi connectivity index (χ2v) is 2.47. The van der Waals surface area contributed by atoms with Crippen LogP contribution in [0.3, 0.4) is 0 Å². The molecule has 0 aliphatic rings. The summed E-state index contributed by atoms with van der Waals surface area (Å²) in [7, 11) is 1.35. The maximum Gasteiger partial charge on any atom is 0.218 e. The normalized spacial score (nSPS) is 16.0. The van der Waals surface area contributed by atoms with Crippen molar-refractivity contribution in [3.05, 3.63) is 12.4 Å². The molecule has 0 N–H and O–H groups in total. The molecule has 0 aromatic rings. The highest BCUT2D eigenvalue weighted by Crippen LogP contribution is 2.21. The van der Waals surface area contributed by atoms with Gasteiger partial charge in [0.25, 0.3) is 0 Å². The summed E-state index contributed by atoms with van der Waals surface area (Å²) >= 11 is 5.34. The third kappa shape index (κ3) is 3.18. The average Bonchev–Trinajstić information content (AvgIpc) is 2.00. The lowest BCUT2D eigenvalue weighted by Gasteiger charge is -2.25. The molecule has 0 aromatic carbocycles. The van der Waals surface area contributed by atoms with Crippen molar-refractivity contribution >= 4 is 11.6 Å². The number of hydrogen-bond donors (Lipinski definition) is 0. The minimum atomic E-state index is -1.35. The van der Waals surface area contributed by atoms with Gasteiger partial charge in [0, 0.05) is 13.0 Å². The fourth-order valence-electron chi connectivity index (χ4n) is 0.481. The number of ether oxygens (including phenoxy) is 2. The van der Waals surface area contributed by atoms with Gasteiger partial charge in [-0.2, -0.15) is 0 Å². The Morgan fingerprint density at radius 3 is 2.55 bits per heavy atom. The van der Waals surface area contributed by atoms with E-state index in [0.29, 0.717) is 5.88 Å². The van der Waals surface area contributed by atoms with E-state index in [1.54, 1.807) is 0 Å². The molecule has 0 saturated carbocycles. The largest absolute Gasteiger partial charge is 0.348 e. The lowest BCUT2D eigenvalue weighted by Crippen LogP contribution is -2.32. The predicted molar refractivity (Wildman–Crippen MR) is 42.3 cm³/mol. The molecular formula is C7H12ClFO2. The molecule has 0 aliphatic carbocycles. The van der Waals surface area contributed by atoms with Gasteiger partial charge in [-0.25, -0.2) is 4.39 Å². The lowest BCUT2D eigenvalue weighted by molar-refractivity contribution is -0.190. The first-order chi connectivity index (χ1) is 5.06. The average molecular weight is 183 g/mol. The molecular weight excluding hydrogens is 171 g/mol. The summed E-state index contributed by atoms with van der Waals surface area (Å²) in [5.41, 5.74) is 0. The van der Waals surface area contributed by atoms with Crippen LogP contribution in [0.1, 0.15) is 6.92 Å². The SMILES string of the molecule is C=C(F)C(C)(OC)OCCCl. The third-order valence-electron chi connectivity index (χ3n) is 1.34. The zero-order chi connectivity index (χ0) is 8.91. The Kier molecular flexibility index (Phi) is 4.65. The van der Waals surface area contributed by atoms with Gasteiger partial charge in [0.05, 0.1) is 6.61 Å². The molecule has 66 valence electrons. The van der Waals surface area contributed by atoms with Crippen LogP contribution >= 0.6 is 11.6 Å². The predicted octanol–water partition coefficient (Wildman–Crippen LogP) is 2.09. The van der Waals surface area contributed by atoms with E-state index in [1.807, 2.05) is 0 Å².